The molecule has 2 rings (SSSR count). The van der Waals surface area contributed by atoms with Crippen molar-refractivity contribution in [2.75, 3.05) is 6.26 Å². The van der Waals surface area contributed by atoms with Gasteiger partial charge in [-0.15, -0.1) is 10.2 Å². The Balaban J connectivity index is 2.17. The Morgan fingerprint density at radius 1 is 1.50 bits per heavy atom. The van der Waals surface area contributed by atoms with Crippen molar-refractivity contribution in [2.45, 2.75) is 37.5 Å². The fourth-order valence-electron chi connectivity index (χ4n) is 1.82. The molecular formula is C9H14ClN3S. The monoisotopic (exact) mass is 231 g/mol. The fraction of sp³-hybridized carbons (Fsp3) is 0.778. The van der Waals surface area contributed by atoms with Gasteiger partial charge >= 0.3 is 0 Å². The molecule has 1 aliphatic rings. The van der Waals surface area contributed by atoms with Crippen LogP contribution < -0.4 is 0 Å². The van der Waals surface area contributed by atoms with Gasteiger partial charge in [-0.25, -0.2) is 0 Å². The van der Waals surface area contributed by atoms with Gasteiger partial charge in [0.15, 0.2) is 0 Å². The first-order chi connectivity index (χ1) is 6.67. The van der Waals surface area contributed by atoms with Crippen LogP contribution in [0.2, 0.25) is 5.28 Å². The van der Waals surface area contributed by atoms with Crippen LogP contribution in [0, 0.1) is 6.92 Å². The second-order valence-electron chi connectivity index (χ2n) is 3.84. The van der Waals surface area contributed by atoms with Gasteiger partial charge in [0, 0.05) is 11.3 Å². The minimum Gasteiger partial charge on any atom is -0.301 e. The van der Waals surface area contributed by atoms with Gasteiger partial charge in [0.1, 0.15) is 5.82 Å². The molecule has 3 nitrogen and oxygen atoms in total. The molecule has 0 aliphatic heterocycles. The van der Waals surface area contributed by atoms with E-state index in [1.165, 1.54) is 19.3 Å². The summed E-state index contributed by atoms with van der Waals surface area (Å²) in [6.07, 6.45) is 6.07. The molecule has 0 spiro atoms. The number of hydrogen-bond donors (Lipinski definition) is 0. The van der Waals surface area contributed by atoms with E-state index in [1.54, 1.807) is 0 Å². The van der Waals surface area contributed by atoms with E-state index in [0.29, 0.717) is 10.0 Å². The molecule has 0 radical (unpaired) electrons. The van der Waals surface area contributed by atoms with E-state index in [1.807, 2.05) is 23.3 Å². The molecule has 0 amide bonds. The molecule has 1 aromatic rings. The summed E-state index contributed by atoms with van der Waals surface area (Å²) in [7, 11) is 0. The average molecular weight is 232 g/mol. The van der Waals surface area contributed by atoms with Gasteiger partial charge in [-0.1, -0.05) is 6.42 Å². The zero-order valence-corrected chi connectivity index (χ0v) is 10.0. The van der Waals surface area contributed by atoms with Gasteiger partial charge in [0.2, 0.25) is 5.28 Å². The molecule has 1 saturated carbocycles. The molecule has 0 saturated heterocycles. The Labute approximate surface area is 93.2 Å². The van der Waals surface area contributed by atoms with Crippen molar-refractivity contribution < 1.29 is 0 Å². The third-order valence-corrected chi connectivity index (χ3v) is 4.72. The van der Waals surface area contributed by atoms with Crippen molar-refractivity contribution in [1.82, 2.24) is 14.8 Å². The first kappa shape index (κ1) is 10.3. The van der Waals surface area contributed by atoms with Crippen LogP contribution in [0.3, 0.4) is 0 Å². The summed E-state index contributed by atoms with van der Waals surface area (Å²) in [5, 5.41) is 8.34. The number of aryl methyl sites for hydroxylation is 1. The molecule has 0 atom stereocenters. The summed E-state index contributed by atoms with van der Waals surface area (Å²) in [5.41, 5.74) is 0. The molecule has 0 unspecified atom stereocenters. The molecular weight excluding hydrogens is 218 g/mol. The van der Waals surface area contributed by atoms with E-state index in [4.69, 9.17) is 11.6 Å². The molecule has 1 heterocycles. The first-order valence-electron chi connectivity index (χ1n) is 4.77. The van der Waals surface area contributed by atoms with E-state index in [2.05, 4.69) is 16.5 Å². The number of hydrogen-bond acceptors (Lipinski definition) is 3. The van der Waals surface area contributed by atoms with Crippen molar-refractivity contribution in [3.8, 4) is 0 Å². The topological polar surface area (TPSA) is 30.7 Å². The number of thioether (sulfide) groups is 1. The molecule has 0 bridgehead atoms. The van der Waals surface area contributed by atoms with E-state index in [9.17, 15) is 0 Å². The molecule has 1 fully saturated rings. The second-order valence-corrected chi connectivity index (χ2v) is 5.46. The Bertz CT molecular complexity index is 308. The zero-order valence-electron chi connectivity index (χ0n) is 8.46. The molecule has 1 aliphatic carbocycles. The van der Waals surface area contributed by atoms with Crippen molar-refractivity contribution >= 4 is 23.4 Å². The molecule has 1 aromatic heterocycles. The highest BCUT2D eigenvalue weighted by Gasteiger charge is 2.37. The highest BCUT2D eigenvalue weighted by molar-refractivity contribution is 8.00. The lowest BCUT2D eigenvalue weighted by Crippen LogP contribution is -2.38. The predicted molar refractivity (Wildman–Crippen MR) is 59.9 cm³/mol. The van der Waals surface area contributed by atoms with Gasteiger partial charge in [0.05, 0.1) is 0 Å². The summed E-state index contributed by atoms with van der Waals surface area (Å²) >= 11 is 7.91. The highest BCUT2D eigenvalue weighted by atomic mass is 35.5. The lowest BCUT2D eigenvalue weighted by atomic mass is 9.84. The first-order valence-corrected chi connectivity index (χ1v) is 6.38. The molecule has 0 N–H and O–H groups in total. The minimum atomic E-state index is 0.386. The van der Waals surface area contributed by atoms with Crippen LogP contribution in [0.5, 0.6) is 0 Å². The number of nitrogens with zero attached hydrogens (tertiary/aromatic N) is 3. The van der Waals surface area contributed by atoms with E-state index in [0.717, 1.165) is 12.4 Å². The van der Waals surface area contributed by atoms with Crippen LogP contribution in [-0.2, 0) is 6.54 Å². The van der Waals surface area contributed by atoms with E-state index >= 15 is 0 Å². The summed E-state index contributed by atoms with van der Waals surface area (Å²) in [6, 6.07) is 0. The molecule has 14 heavy (non-hydrogen) atoms. The quantitative estimate of drug-likeness (QED) is 0.801. The number of aromatic nitrogens is 3. The predicted octanol–water partition coefficient (Wildman–Crippen LogP) is 2.53. The molecule has 5 heteroatoms. The summed E-state index contributed by atoms with van der Waals surface area (Å²) in [6.45, 7) is 2.90. The van der Waals surface area contributed by atoms with Gasteiger partial charge in [-0.3, -0.25) is 0 Å². The number of rotatable bonds is 3. The SMILES string of the molecule is CSC1(Cn2c(C)nnc2Cl)CCC1. The third-order valence-electron chi connectivity index (χ3n) is 3.03. The van der Waals surface area contributed by atoms with E-state index < -0.39 is 0 Å². The minimum absolute atomic E-state index is 0.386. The molecule has 78 valence electrons. The van der Waals surface area contributed by atoms with Crippen LogP contribution in [0.25, 0.3) is 0 Å². The van der Waals surface area contributed by atoms with Crippen LogP contribution >= 0.6 is 23.4 Å². The van der Waals surface area contributed by atoms with Gasteiger partial charge in [-0.2, -0.15) is 11.8 Å². The molecule has 0 aromatic carbocycles. The van der Waals surface area contributed by atoms with E-state index in [-0.39, 0.29) is 0 Å². The zero-order chi connectivity index (χ0) is 10.2. The van der Waals surface area contributed by atoms with Crippen LogP contribution in [-0.4, -0.2) is 25.8 Å². The van der Waals surface area contributed by atoms with Gasteiger partial charge in [-0.05, 0) is 37.6 Å². The smallest absolute Gasteiger partial charge is 0.225 e. The van der Waals surface area contributed by atoms with Crippen LogP contribution in [0.4, 0.5) is 0 Å². The van der Waals surface area contributed by atoms with Crippen LogP contribution in [0.15, 0.2) is 0 Å². The third kappa shape index (κ3) is 1.65. The maximum Gasteiger partial charge on any atom is 0.225 e. The van der Waals surface area contributed by atoms with Crippen molar-refractivity contribution in [2.24, 2.45) is 0 Å². The maximum atomic E-state index is 5.97. The average Bonchev–Trinajstić information content (AvgIpc) is 2.41. The van der Waals surface area contributed by atoms with Gasteiger partial charge < -0.3 is 4.57 Å². The summed E-state index contributed by atoms with van der Waals surface area (Å²) < 4.78 is 2.40. The van der Waals surface area contributed by atoms with Crippen LogP contribution in [0.1, 0.15) is 25.1 Å². The Morgan fingerprint density at radius 2 is 2.21 bits per heavy atom. The largest absolute Gasteiger partial charge is 0.301 e. The van der Waals surface area contributed by atoms with Crippen molar-refractivity contribution in [1.29, 1.82) is 0 Å². The van der Waals surface area contributed by atoms with Crippen molar-refractivity contribution in [3.63, 3.8) is 0 Å². The second kappa shape index (κ2) is 3.74. The van der Waals surface area contributed by atoms with Crippen molar-refractivity contribution in [3.05, 3.63) is 11.1 Å². The summed E-state index contributed by atoms with van der Waals surface area (Å²) in [4.78, 5) is 0. The Hall–Kier alpha value is -0.220. The maximum absolute atomic E-state index is 5.97. The highest BCUT2D eigenvalue weighted by Crippen LogP contribution is 2.44. The summed E-state index contributed by atoms with van der Waals surface area (Å²) in [5.74, 6) is 0.912. The normalized spacial score (nSPS) is 19.4. The fourth-order valence-corrected chi connectivity index (χ4v) is 3.00. The number of halogens is 1. The van der Waals surface area contributed by atoms with Gasteiger partial charge in [0.25, 0.3) is 0 Å². The standard InChI is InChI=1S/C9H14ClN3S/c1-7-11-12-8(10)13(7)6-9(14-2)4-3-5-9/h3-6H2,1-2H3. The Kier molecular flexibility index (Phi) is 2.75. The lowest BCUT2D eigenvalue weighted by Gasteiger charge is -2.40. The lowest BCUT2D eigenvalue weighted by molar-refractivity contribution is 0.319. The Morgan fingerprint density at radius 3 is 2.57 bits per heavy atom.